The Morgan fingerprint density at radius 2 is 0.913 bits per heavy atom. The van der Waals surface area contributed by atoms with Crippen LogP contribution in [-0.2, 0) is 89.0 Å². The van der Waals surface area contributed by atoms with Crippen LogP contribution in [0.2, 0.25) is 0 Å². The van der Waals surface area contributed by atoms with Crippen molar-refractivity contribution in [2.75, 3.05) is 71.0 Å². The number of hydrogen-bond acceptors (Lipinski definition) is 24. The number of methoxy groups -OCH3 is 8. The fraction of sp³-hybridized carbons (Fsp3) is 0.692. The first-order valence-electron chi connectivity index (χ1n) is 36.0. The summed E-state index contributed by atoms with van der Waals surface area (Å²) in [6.07, 6.45) is 16.2. The molecule has 0 radical (unpaired) electrons. The van der Waals surface area contributed by atoms with Gasteiger partial charge >= 0.3 is 11.9 Å². The maximum atomic E-state index is 14.0. The number of aliphatic hydroxyl groups is 4. The van der Waals surface area contributed by atoms with Gasteiger partial charge in [-0.05, 0) is 50.4 Å². The van der Waals surface area contributed by atoms with Gasteiger partial charge in [0.05, 0.1) is 86.7 Å². The monoisotopic (exact) mass is 1470 g/mol. The van der Waals surface area contributed by atoms with Gasteiger partial charge in [0.25, 0.3) is 0 Å². The Morgan fingerprint density at radius 3 is 1.23 bits per heavy atom. The summed E-state index contributed by atoms with van der Waals surface area (Å²) in [5, 5.41) is 47.2. The number of aromatic nitrogens is 2. The second kappa shape index (κ2) is 48.0. The number of cyclic esters (lactones) is 2. The van der Waals surface area contributed by atoms with E-state index in [0.717, 1.165) is 0 Å². The van der Waals surface area contributed by atoms with Gasteiger partial charge in [0.15, 0.2) is 11.8 Å². The number of aliphatic hydroxyl groups excluding tert-OH is 4. The largest absolute Gasteiger partial charge is 0.461 e. The zero-order valence-electron chi connectivity index (χ0n) is 64.9. The van der Waals surface area contributed by atoms with E-state index < -0.39 is 133 Å². The number of fused-ring (bicyclic) bond motifs is 4. The number of oxazole rings is 2. The Labute approximate surface area is 616 Å². The summed E-state index contributed by atoms with van der Waals surface area (Å²) in [5.74, 6) is -2.37. The van der Waals surface area contributed by atoms with E-state index >= 15 is 0 Å². The van der Waals surface area contributed by atoms with Crippen LogP contribution in [0.1, 0.15) is 181 Å². The van der Waals surface area contributed by atoms with Crippen molar-refractivity contribution >= 4 is 36.3 Å². The van der Waals surface area contributed by atoms with Crippen LogP contribution >= 0.6 is 0 Å². The number of carbonyl (C=O) groups is 6. The molecule has 3 rings (SSSR count). The van der Waals surface area contributed by atoms with Gasteiger partial charge in [-0.25, -0.2) is 9.97 Å². The minimum absolute atomic E-state index is 0.00258. The molecule has 588 valence electrons. The van der Waals surface area contributed by atoms with E-state index in [9.17, 15) is 49.2 Å². The van der Waals surface area contributed by atoms with Crippen molar-refractivity contribution < 1.29 is 105 Å². The molecular weight excluding hydrogens is 1340 g/mol. The van der Waals surface area contributed by atoms with Crippen LogP contribution in [0.15, 0.2) is 94.5 Å². The number of ketones is 2. The van der Waals surface area contributed by atoms with Crippen LogP contribution in [0.4, 0.5) is 0 Å². The Balaban J connectivity index is 1.94. The van der Waals surface area contributed by atoms with Crippen LogP contribution in [0.3, 0.4) is 0 Å². The molecule has 0 fully saturated rings. The smallest absolute Gasteiger partial charge is 0.308 e. The Morgan fingerprint density at radius 1 is 0.558 bits per heavy atom. The average molecular weight is 1470 g/mol. The quantitative estimate of drug-likeness (QED) is 0.0364. The molecule has 0 saturated heterocycles. The molecule has 3 heterocycles. The highest BCUT2D eigenvalue weighted by atomic mass is 16.6. The molecule has 18 unspecified atom stereocenters. The number of allylic oxidation sites excluding steroid dienone is 4. The number of nitrogens with zero attached hydrogens (tertiary/aromatic N) is 4. The fourth-order valence-corrected chi connectivity index (χ4v) is 12.4. The lowest BCUT2D eigenvalue weighted by atomic mass is 9.75. The van der Waals surface area contributed by atoms with Gasteiger partial charge in [-0.15, -0.1) is 0 Å². The first kappa shape index (κ1) is 91.8. The highest BCUT2D eigenvalue weighted by Gasteiger charge is 2.44. The molecule has 0 aliphatic carbocycles. The van der Waals surface area contributed by atoms with Crippen molar-refractivity contribution in [2.45, 2.75) is 244 Å². The van der Waals surface area contributed by atoms with Crippen LogP contribution in [0.25, 0.3) is 0 Å². The third kappa shape index (κ3) is 31.2. The molecule has 26 nitrogen and oxygen atoms in total. The first-order valence-corrected chi connectivity index (χ1v) is 36.0. The summed E-state index contributed by atoms with van der Waals surface area (Å²) in [6, 6.07) is 0. The summed E-state index contributed by atoms with van der Waals surface area (Å²) in [6.45, 7) is 14.6. The van der Waals surface area contributed by atoms with E-state index in [0.29, 0.717) is 62.7 Å². The Kier molecular flexibility index (Phi) is 42.4. The first-order chi connectivity index (χ1) is 49.4. The molecule has 0 aromatic carbocycles. The molecule has 1 aliphatic rings. The molecule has 26 heteroatoms. The number of hydrogen-bond donors (Lipinski definition) is 4. The summed E-state index contributed by atoms with van der Waals surface area (Å²) >= 11 is 0. The topological polar surface area (TPSA) is 334 Å². The van der Waals surface area contributed by atoms with Crippen molar-refractivity contribution in [1.29, 1.82) is 0 Å². The molecule has 4 bridgehead atoms. The SMILES string of the molecule is COC1C=CC=CCC(OC)c2coc(n2)CC(C(C)(C)C(O)CC(OC)C(C)CCC(=O)C(C)C(CC=CN(C)C=O)OC)OC(=O)CC(O)CC(OC)C=CC=CCC(OC)c2coc(n2)CC(C(C)(C)C(O)CC(OC)C(C)CCC(=O)C(C)C(CC=CN(C)C=O)OC)OC(=O)CC(O)C1. The zero-order chi connectivity index (χ0) is 77.7. The van der Waals surface area contributed by atoms with Crippen molar-refractivity contribution in [3.63, 3.8) is 0 Å². The van der Waals surface area contributed by atoms with Crippen molar-refractivity contribution in [3.8, 4) is 0 Å². The molecular formula is C78H124N4O22. The minimum Gasteiger partial charge on any atom is -0.461 e. The van der Waals surface area contributed by atoms with Gasteiger partial charge in [0.1, 0.15) is 59.9 Å². The molecule has 0 saturated carbocycles. The summed E-state index contributed by atoms with van der Waals surface area (Å²) < 4.78 is 70.8. The summed E-state index contributed by atoms with van der Waals surface area (Å²) in [4.78, 5) is 89.4. The van der Waals surface area contributed by atoms with E-state index in [1.165, 1.54) is 50.8 Å². The third-order valence-corrected chi connectivity index (χ3v) is 20.2. The minimum atomic E-state index is -1.22. The Bertz CT molecular complexity index is 2810. The lowest BCUT2D eigenvalue weighted by molar-refractivity contribution is -0.166. The number of ether oxygens (including phenoxy) is 10. The molecule has 0 spiro atoms. The molecule has 4 N–H and O–H groups in total. The van der Waals surface area contributed by atoms with Crippen LogP contribution in [0.5, 0.6) is 0 Å². The van der Waals surface area contributed by atoms with Gasteiger partial charge in [-0.3, -0.25) is 28.8 Å². The van der Waals surface area contributed by atoms with Gasteiger partial charge < -0.3 is 86.4 Å². The molecule has 2 aromatic heterocycles. The summed E-state index contributed by atoms with van der Waals surface area (Å²) in [7, 11) is 15.4. The molecule has 2 aromatic rings. The predicted molar refractivity (Wildman–Crippen MR) is 390 cm³/mol. The van der Waals surface area contributed by atoms with Gasteiger partial charge in [0.2, 0.25) is 12.8 Å². The molecule has 1 aliphatic heterocycles. The van der Waals surface area contributed by atoms with Crippen molar-refractivity contribution in [3.05, 3.63) is 109 Å². The molecule has 18 atom stereocenters. The standard InChI is InChI=1S/C78H124N4O22/c1-51(33-35-61(87)53(3)63(95-13)31-25-37-81(9)49-83)67(99-17)43-69(89)77(5,6)71-45-73-79-59(47-101-73)65(97-15)29-23-19-22-28-58(94-12)40-56(86)42-76(92)104-72(46-74-80-60(48-102-74)66(98-16)30-24-20-21-27-57(93-11)39-55(85)41-75(91)103-71)78(7,8)70(90)44-68(100-18)52(2)34-36-62(88)54(4)64(96-14)32-26-38-82(10)50-84/h19-28,37-38,47-58,63-72,85-86,89-90H,29-36,39-46H2,1-18H3. The summed E-state index contributed by atoms with van der Waals surface area (Å²) in [5.41, 5.74) is -1.48. The number of rotatable bonds is 36. The second-order valence-corrected chi connectivity index (χ2v) is 28.5. The molecule has 104 heavy (non-hydrogen) atoms. The van der Waals surface area contributed by atoms with E-state index in [1.54, 1.807) is 131 Å². The van der Waals surface area contributed by atoms with E-state index in [-0.39, 0.29) is 86.6 Å². The van der Waals surface area contributed by atoms with Crippen LogP contribution < -0.4 is 0 Å². The lowest BCUT2D eigenvalue weighted by Gasteiger charge is -2.39. The maximum Gasteiger partial charge on any atom is 0.308 e. The van der Waals surface area contributed by atoms with E-state index in [1.807, 2.05) is 39.8 Å². The van der Waals surface area contributed by atoms with Crippen molar-refractivity contribution in [2.24, 2.45) is 34.5 Å². The van der Waals surface area contributed by atoms with Crippen LogP contribution in [-0.4, -0.2) is 221 Å². The van der Waals surface area contributed by atoms with Gasteiger partial charge in [0, 0.05) is 145 Å². The highest BCUT2D eigenvalue weighted by Crippen LogP contribution is 2.38. The lowest BCUT2D eigenvalue weighted by Crippen LogP contribution is -2.46. The normalized spacial score (nSPS) is 23.7. The third-order valence-electron chi connectivity index (χ3n) is 20.2. The maximum absolute atomic E-state index is 14.0. The number of amides is 2. The molecule has 2 amide bonds. The fourth-order valence-electron chi connectivity index (χ4n) is 12.4. The second-order valence-electron chi connectivity index (χ2n) is 28.5. The van der Waals surface area contributed by atoms with Gasteiger partial charge in [-0.1, -0.05) is 116 Å². The van der Waals surface area contributed by atoms with Crippen molar-refractivity contribution in [1.82, 2.24) is 19.8 Å². The van der Waals surface area contributed by atoms with E-state index in [2.05, 4.69) is 0 Å². The Hall–Kier alpha value is -6.40. The average Bonchev–Trinajstić information content (AvgIpc) is 1.37. The van der Waals surface area contributed by atoms with Crippen LogP contribution in [0, 0.1) is 34.5 Å². The predicted octanol–water partition coefficient (Wildman–Crippen LogP) is 9.82. The zero-order valence-corrected chi connectivity index (χ0v) is 64.9. The van der Waals surface area contributed by atoms with E-state index in [4.69, 9.17) is 66.2 Å². The van der Waals surface area contributed by atoms with Gasteiger partial charge in [-0.2, -0.15) is 0 Å². The number of esters is 2. The highest BCUT2D eigenvalue weighted by molar-refractivity contribution is 5.81. The number of carbonyl (C=O) groups excluding carboxylic acids is 6. The number of Topliss-reactive ketones (excluding diaryl/α,β-unsaturated/α-hetero) is 2.